The quantitative estimate of drug-likeness (QED) is 0.624. The molecular formula is C18H20IN3O2. The molecule has 0 spiro atoms. The molecular weight excluding hydrogens is 417 g/mol. The lowest BCUT2D eigenvalue weighted by Crippen LogP contribution is -2.34. The van der Waals surface area contributed by atoms with Crippen LogP contribution in [-0.4, -0.2) is 18.0 Å². The van der Waals surface area contributed by atoms with Crippen LogP contribution in [-0.2, 0) is 6.54 Å². The molecule has 0 saturated carbocycles. The molecule has 2 aromatic carbocycles. The van der Waals surface area contributed by atoms with Gasteiger partial charge in [0.2, 0.25) is 0 Å². The van der Waals surface area contributed by atoms with Gasteiger partial charge in [-0.25, -0.2) is 4.79 Å². The lowest BCUT2D eigenvalue weighted by Gasteiger charge is -2.11. The number of hydrogen-bond acceptors (Lipinski definition) is 2. The van der Waals surface area contributed by atoms with Crippen LogP contribution < -0.4 is 16.0 Å². The first-order chi connectivity index (χ1) is 11.4. The third kappa shape index (κ3) is 5.84. The van der Waals surface area contributed by atoms with Crippen molar-refractivity contribution in [3.8, 4) is 0 Å². The Kier molecular flexibility index (Phi) is 6.60. The van der Waals surface area contributed by atoms with Crippen LogP contribution in [0, 0.1) is 3.57 Å². The Labute approximate surface area is 155 Å². The lowest BCUT2D eigenvalue weighted by atomic mass is 10.2. The summed E-state index contributed by atoms with van der Waals surface area (Å²) in [5.74, 6) is -0.107. The molecule has 3 amide bonds. The van der Waals surface area contributed by atoms with Crippen molar-refractivity contribution in [2.75, 3.05) is 5.32 Å². The van der Waals surface area contributed by atoms with Crippen LogP contribution in [0.2, 0.25) is 0 Å². The summed E-state index contributed by atoms with van der Waals surface area (Å²) in [5, 5.41) is 8.40. The number of carbonyl (C=O) groups excluding carboxylic acids is 2. The molecule has 0 unspecified atom stereocenters. The molecule has 6 heteroatoms. The summed E-state index contributed by atoms with van der Waals surface area (Å²) in [6, 6.07) is 14.6. The number of carbonyl (C=O) groups is 2. The van der Waals surface area contributed by atoms with Crippen molar-refractivity contribution >= 4 is 40.2 Å². The van der Waals surface area contributed by atoms with Crippen LogP contribution in [0.25, 0.3) is 0 Å². The molecule has 0 aromatic heterocycles. The summed E-state index contributed by atoms with van der Waals surface area (Å²) in [7, 11) is 0. The van der Waals surface area contributed by atoms with Gasteiger partial charge in [0.15, 0.2) is 0 Å². The number of benzene rings is 2. The molecule has 0 aliphatic carbocycles. The van der Waals surface area contributed by atoms with E-state index in [4.69, 9.17) is 0 Å². The molecule has 0 fully saturated rings. The van der Waals surface area contributed by atoms with E-state index in [1.807, 2.05) is 50.2 Å². The van der Waals surface area contributed by atoms with Gasteiger partial charge in [0.25, 0.3) is 5.91 Å². The number of halogens is 1. The highest BCUT2D eigenvalue weighted by molar-refractivity contribution is 14.1. The summed E-state index contributed by atoms with van der Waals surface area (Å²) >= 11 is 2.20. The highest BCUT2D eigenvalue weighted by atomic mass is 127. The first-order valence-electron chi connectivity index (χ1n) is 7.64. The highest BCUT2D eigenvalue weighted by Crippen LogP contribution is 2.10. The van der Waals surface area contributed by atoms with E-state index in [1.165, 1.54) is 0 Å². The van der Waals surface area contributed by atoms with Crippen LogP contribution >= 0.6 is 22.6 Å². The molecule has 0 saturated heterocycles. The van der Waals surface area contributed by atoms with Crippen LogP contribution in [0.5, 0.6) is 0 Å². The number of amides is 3. The van der Waals surface area contributed by atoms with Gasteiger partial charge in [0, 0.05) is 27.4 Å². The Morgan fingerprint density at radius 2 is 1.62 bits per heavy atom. The summed E-state index contributed by atoms with van der Waals surface area (Å²) in [4.78, 5) is 23.7. The van der Waals surface area contributed by atoms with E-state index in [0.29, 0.717) is 17.8 Å². The minimum atomic E-state index is -0.232. The van der Waals surface area contributed by atoms with Gasteiger partial charge in [-0.1, -0.05) is 12.1 Å². The first kappa shape index (κ1) is 18.3. The second-order valence-electron chi connectivity index (χ2n) is 5.64. The highest BCUT2D eigenvalue weighted by Gasteiger charge is 2.06. The van der Waals surface area contributed by atoms with Gasteiger partial charge in [-0.2, -0.15) is 0 Å². The summed E-state index contributed by atoms with van der Waals surface area (Å²) < 4.78 is 1.09. The van der Waals surface area contributed by atoms with Crippen molar-refractivity contribution in [3.63, 3.8) is 0 Å². The van der Waals surface area contributed by atoms with E-state index in [0.717, 1.165) is 9.13 Å². The van der Waals surface area contributed by atoms with E-state index in [-0.39, 0.29) is 18.0 Å². The lowest BCUT2D eigenvalue weighted by molar-refractivity contribution is 0.0951. The maximum atomic E-state index is 12.1. The molecule has 0 radical (unpaired) electrons. The SMILES string of the molecule is CC(C)NC(=O)Nc1ccc(CNC(=O)c2ccc(I)cc2)cc1. The van der Waals surface area contributed by atoms with E-state index >= 15 is 0 Å². The van der Waals surface area contributed by atoms with Crippen LogP contribution in [0.15, 0.2) is 48.5 Å². The monoisotopic (exact) mass is 437 g/mol. The van der Waals surface area contributed by atoms with Gasteiger partial charge in [-0.3, -0.25) is 4.79 Å². The molecule has 5 nitrogen and oxygen atoms in total. The normalized spacial score (nSPS) is 10.3. The van der Waals surface area contributed by atoms with Crippen molar-refractivity contribution in [2.24, 2.45) is 0 Å². The average Bonchev–Trinajstić information content (AvgIpc) is 2.54. The third-order valence-electron chi connectivity index (χ3n) is 3.19. The fourth-order valence-corrected chi connectivity index (χ4v) is 2.38. The van der Waals surface area contributed by atoms with E-state index in [1.54, 1.807) is 12.1 Å². The topological polar surface area (TPSA) is 70.2 Å². The molecule has 0 aliphatic rings. The number of urea groups is 1. The van der Waals surface area contributed by atoms with Gasteiger partial charge in [-0.05, 0) is 78.4 Å². The Balaban J connectivity index is 1.86. The largest absolute Gasteiger partial charge is 0.348 e. The van der Waals surface area contributed by atoms with Crippen molar-refractivity contribution in [1.82, 2.24) is 10.6 Å². The number of anilines is 1. The average molecular weight is 437 g/mol. The Morgan fingerprint density at radius 3 is 2.21 bits per heavy atom. The smallest absolute Gasteiger partial charge is 0.319 e. The van der Waals surface area contributed by atoms with E-state index in [9.17, 15) is 9.59 Å². The predicted molar refractivity (Wildman–Crippen MR) is 104 cm³/mol. The van der Waals surface area contributed by atoms with Crippen molar-refractivity contribution < 1.29 is 9.59 Å². The van der Waals surface area contributed by atoms with Gasteiger partial charge >= 0.3 is 6.03 Å². The maximum Gasteiger partial charge on any atom is 0.319 e. The van der Waals surface area contributed by atoms with Gasteiger partial charge in [0.05, 0.1) is 0 Å². The molecule has 2 rings (SSSR count). The molecule has 0 bridgehead atoms. The molecule has 2 aromatic rings. The second-order valence-corrected chi connectivity index (χ2v) is 6.89. The van der Waals surface area contributed by atoms with Crippen LogP contribution in [0.1, 0.15) is 29.8 Å². The molecule has 126 valence electrons. The fraction of sp³-hybridized carbons (Fsp3) is 0.222. The van der Waals surface area contributed by atoms with Gasteiger partial charge in [0.1, 0.15) is 0 Å². The predicted octanol–water partition coefficient (Wildman–Crippen LogP) is 3.75. The molecule has 24 heavy (non-hydrogen) atoms. The zero-order valence-corrected chi connectivity index (χ0v) is 15.8. The van der Waals surface area contributed by atoms with Gasteiger partial charge in [-0.15, -0.1) is 0 Å². The molecule has 0 aliphatic heterocycles. The summed E-state index contributed by atoms with van der Waals surface area (Å²) in [6.45, 7) is 4.24. The zero-order chi connectivity index (χ0) is 17.5. The second kappa shape index (κ2) is 8.68. The molecule has 0 atom stereocenters. The number of nitrogens with one attached hydrogen (secondary N) is 3. The third-order valence-corrected chi connectivity index (χ3v) is 3.91. The zero-order valence-electron chi connectivity index (χ0n) is 13.6. The number of rotatable bonds is 5. The van der Waals surface area contributed by atoms with Crippen molar-refractivity contribution in [2.45, 2.75) is 26.4 Å². The summed E-state index contributed by atoms with van der Waals surface area (Å²) in [6.07, 6.45) is 0. The minimum absolute atomic E-state index is 0.0840. The fourth-order valence-electron chi connectivity index (χ4n) is 2.02. The standard InChI is InChI=1S/C18H20IN3O2/c1-12(2)21-18(24)22-16-9-3-13(4-10-16)11-20-17(23)14-5-7-15(19)8-6-14/h3-10,12H,11H2,1-2H3,(H,20,23)(H2,21,22,24). The minimum Gasteiger partial charge on any atom is -0.348 e. The Morgan fingerprint density at radius 1 is 1.00 bits per heavy atom. The van der Waals surface area contributed by atoms with E-state index < -0.39 is 0 Å². The Hall–Kier alpha value is -2.09. The van der Waals surface area contributed by atoms with Crippen molar-refractivity contribution in [3.05, 3.63) is 63.2 Å². The van der Waals surface area contributed by atoms with Crippen LogP contribution in [0.3, 0.4) is 0 Å². The number of hydrogen-bond donors (Lipinski definition) is 3. The Bertz CT molecular complexity index is 697. The van der Waals surface area contributed by atoms with Crippen LogP contribution in [0.4, 0.5) is 10.5 Å². The maximum absolute atomic E-state index is 12.1. The van der Waals surface area contributed by atoms with Crippen molar-refractivity contribution in [1.29, 1.82) is 0 Å². The summed E-state index contributed by atoms with van der Waals surface area (Å²) in [5.41, 5.74) is 2.31. The first-order valence-corrected chi connectivity index (χ1v) is 8.72. The van der Waals surface area contributed by atoms with Gasteiger partial charge < -0.3 is 16.0 Å². The van der Waals surface area contributed by atoms with E-state index in [2.05, 4.69) is 38.5 Å². The molecule has 0 heterocycles. The molecule has 3 N–H and O–H groups in total.